The number of hydrogen-bond acceptors (Lipinski definition) is 2. The molecule has 0 aliphatic heterocycles. The van der Waals surface area contributed by atoms with Crippen molar-refractivity contribution in [1.29, 1.82) is 0 Å². The zero-order chi connectivity index (χ0) is 16.1. The lowest BCUT2D eigenvalue weighted by atomic mass is 9.94. The maximum atomic E-state index is 12.2. The molecule has 1 aliphatic carbocycles. The van der Waals surface area contributed by atoms with Crippen molar-refractivity contribution in [3.8, 4) is 0 Å². The van der Waals surface area contributed by atoms with Gasteiger partial charge in [-0.25, -0.2) is 0 Å². The lowest BCUT2D eigenvalue weighted by Crippen LogP contribution is -2.44. The highest BCUT2D eigenvalue weighted by atomic mass is 35.5. The normalized spacial score (nSPS) is 15.4. The Bertz CT molecular complexity index is 557. The van der Waals surface area contributed by atoms with E-state index in [1.54, 1.807) is 24.1 Å². The Balaban J connectivity index is 1.88. The molecule has 2 rings (SSSR count). The van der Waals surface area contributed by atoms with Crippen molar-refractivity contribution in [3.05, 3.63) is 33.8 Å². The number of likely N-dealkylation sites (N-methyl/N-ethyl adjacent to an activating group) is 1. The van der Waals surface area contributed by atoms with E-state index in [0.29, 0.717) is 10.6 Å². The Labute approximate surface area is 140 Å². The molecule has 0 atom stereocenters. The van der Waals surface area contributed by atoms with Crippen LogP contribution in [0.2, 0.25) is 10.0 Å². The van der Waals surface area contributed by atoms with Crippen LogP contribution >= 0.6 is 23.2 Å². The number of amides is 2. The van der Waals surface area contributed by atoms with E-state index in [-0.39, 0.29) is 29.4 Å². The van der Waals surface area contributed by atoms with Crippen molar-refractivity contribution < 1.29 is 9.59 Å². The molecule has 0 heterocycles. The van der Waals surface area contributed by atoms with Gasteiger partial charge in [0.2, 0.25) is 5.91 Å². The van der Waals surface area contributed by atoms with Gasteiger partial charge in [0.05, 0.1) is 17.1 Å². The Hall–Kier alpha value is -1.26. The fourth-order valence-corrected chi connectivity index (χ4v) is 3.22. The molecule has 1 aromatic carbocycles. The van der Waals surface area contributed by atoms with Crippen LogP contribution in [0.3, 0.4) is 0 Å². The summed E-state index contributed by atoms with van der Waals surface area (Å²) < 4.78 is 0. The molecule has 0 spiro atoms. The molecular formula is C16H20Cl2N2O2. The van der Waals surface area contributed by atoms with Gasteiger partial charge in [0.25, 0.3) is 5.91 Å². The van der Waals surface area contributed by atoms with E-state index in [1.165, 1.54) is 12.5 Å². The van der Waals surface area contributed by atoms with Gasteiger partial charge in [-0.3, -0.25) is 9.59 Å². The second kappa shape index (κ2) is 7.84. The maximum absolute atomic E-state index is 12.2. The van der Waals surface area contributed by atoms with Gasteiger partial charge in [-0.05, 0) is 31.0 Å². The van der Waals surface area contributed by atoms with Gasteiger partial charge < -0.3 is 10.2 Å². The molecule has 0 unspecified atom stereocenters. The number of carbonyl (C=O) groups is 2. The topological polar surface area (TPSA) is 49.4 Å². The first kappa shape index (κ1) is 17.1. The van der Waals surface area contributed by atoms with E-state index in [0.717, 1.165) is 25.7 Å². The Morgan fingerprint density at radius 2 is 1.91 bits per heavy atom. The molecule has 4 nitrogen and oxygen atoms in total. The monoisotopic (exact) mass is 342 g/mol. The number of hydrogen-bond donors (Lipinski definition) is 1. The van der Waals surface area contributed by atoms with E-state index in [4.69, 9.17) is 23.2 Å². The van der Waals surface area contributed by atoms with Crippen LogP contribution < -0.4 is 5.32 Å². The SMILES string of the molecule is CN(C(=O)CNC(=O)c1ccc(Cl)cc1Cl)C1CCCCC1. The first-order valence-electron chi connectivity index (χ1n) is 7.48. The summed E-state index contributed by atoms with van der Waals surface area (Å²) in [5, 5.41) is 3.36. The predicted molar refractivity (Wildman–Crippen MR) is 88.4 cm³/mol. The summed E-state index contributed by atoms with van der Waals surface area (Å²) >= 11 is 11.8. The third-order valence-electron chi connectivity index (χ3n) is 4.09. The second-order valence-corrected chi connectivity index (χ2v) is 6.45. The molecule has 1 aromatic rings. The maximum Gasteiger partial charge on any atom is 0.253 e. The second-order valence-electron chi connectivity index (χ2n) is 5.60. The lowest BCUT2D eigenvalue weighted by molar-refractivity contribution is -0.131. The smallest absolute Gasteiger partial charge is 0.253 e. The molecule has 6 heteroatoms. The summed E-state index contributed by atoms with van der Waals surface area (Å²) in [5.74, 6) is -0.447. The van der Waals surface area contributed by atoms with E-state index in [1.807, 2.05) is 0 Å². The molecule has 0 radical (unpaired) electrons. The molecule has 1 fully saturated rings. The number of rotatable bonds is 4. The average molecular weight is 343 g/mol. The molecule has 2 amide bonds. The van der Waals surface area contributed by atoms with Gasteiger partial charge in [-0.2, -0.15) is 0 Å². The Morgan fingerprint density at radius 1 is 1.23 bits per heavy atom. The molecule has 120 valence electrons. The Morgan fingerprint density at radius 3 is 2.55 bits per heavy atom. The third kappa shape index (κ3) is 4.37. The molecule has 1 saturated carbocycles. The summed E-state index contributed by atoms with van der Waals surface area (Å²) in [4.78, 5) is 26.0. The number of benzene rings is 1. The molecule has 1 aliphatic rings. The summed E-state index contributed by atoms with van der Waals surface area (Å²) in [7, 11) is 1.81. The third-order valence-corrected chi connectivity index (χ3v) is 4.64. The van der Waals surface area contributed by atoms with E-state index >= 15 is 0 Å². The van der Waals surface area contributed by atoms with Crippen molar-refractivity contribution in [2.45, 2.75) is 38.1 Å². The Kier molecular flexibility index (Phi) is 6.09. The molecule has 0 bridgehead atoms. The van der Waals surface area contributed by atoms with Crippen LogP contribution in [0.15, 0.2) is 18.2 Å². The minimum atomic E-state index is -0.368. The molecule has 0 aromatic heterocycles. The van der Waals surface area contributed by atoms with Gasteiger partial charge in [0.15, 0.2) is 0 Å². The van der Waals surface area contributed by atoms with Crippen molar-refractivity contribution >= 4 is 35.0 Å². The quantitative estimate of drug-likeness (QED) is 0.909. The first-order chi connectivity index (χ1) is 10.5. The van der Waals surface area contributed by atoms with Crippen molar-refractivity contribution in [2.24, 2.45) is 0 Å². The molecule has 22 heavy (non-hydrogen) atoms. The number of nitrogens with one attached hydrogen (secondary N) is 1. The van der Waals surface area contributed by atoms with Gasteiger partial charge in [0.1, 0.15) is 0 Å². The first-order valence-corrected chi connectivity index (χ1v) is 8.23. The van der Waals surface area contributed by atoms with E-state index in [2.05, 4.69) is 5.32 Å². The van der Waals surface area contributed by atoms with Crippen molar-refractivity contribution in [1.82, 2.24) is 10.2 Å². The summed E-state index contributed by atoms with van der Waals surface area (Å²) in [6, 6.07) is 4.94. The predicted octanol–water partition coefficient (Wildman–Crippen LogP) is 3.51. The minimum absolute atomic E-state index is 0.0230. The minimum Gasteiger partial charge on any atom is -0.343 e. The van der Waals surface area contributed by atoms with Crippen LogP contribution in [0, 0.1) is 0 Å². The van der Waals surface area contributed by atoms with Gasteiger partial charge in [0, 0.05) is 18.1 Å². The fourth-order valence-electron chi connectivity index (χ4n) is 2.72. The van der Waals surface area contributed by atoms with Crippen LogP contribution in [0.1, 0.15) is 42.5 Å². The highest BCUT2D eigenvalue weighted by Crippen LogP contribution is 2.22. The number of halogens is 2. The highest BCUT2D eigenvalue weighted by molar-refractivity contribution is 6.36. The summed E-state index contributed by atoms with van der Waals surface area (Å²) in [6.45, 7) is -0.0230. The van der Waals surface area contributed by atoms with E-state index < -0.39 is 0 Å². The van der Waals surface area contributed by atoms with Crippen LogP contribution in [0.25, 0.3) is 0 Å². The van der Waals surface area contributed by atoms with Gasteiger partial charge in [-0.1, -0.05) is 42.5 Å². The van der Waals surface area contributed by atoms with E-state index in [9.17, 15) is 9.59 Å². The van der Waals surface area contributed by atoms with Crippen molar-refractivity contribution in [2.75, 3.05) is 13.6 Å². The highest BCUT2D eigenvalue weighted by Gasteiger charge is 2.22. The molecule has 0 saturated heterocycles. The van der Waals surface area contributed by atoms with Gasteiger partial charge >= 0.3 is 0 Å². The summed E-state index contributed by atoms with van der Waals surface area (Å²) in [6.07, 6.45) is 5.65. The zero-order valence-corrected chi connectivity index (χ0v) is 14.1. The largest absolute Gasteiger partial charge is 0.343 e. The van der Waals surface area contributed by atoms with Gasteiger partial charge in [-0.15, -0.1) is 0 Å². The van der Waals surface area contributed by atoms with Crippen LogP contribution in [-0.4, -0.2) is 36.3 Å². The number of carbonyl (C=O) groups excluding carboxylic acids is 2. The van der Waals surface area contributed by atoms with Crippen LogP contribution in [0.4, 0.5) is 0 Å². The summed E-state index contributed by atoms with van der Waals surface area (Å²) in [5.41, 5.74) is 0.319. The van der Waals surface area contributed by atoms with Crippen LogP contribution in [-0.2, 0) is 4.79 Å². The molecule has 1 N–H and O–H groups in total. The fraction of sp³-hybridized carbons (Fsp3) is 0.500. The zero-order valence-electron chi connectivity index (χ0n) is 12.6. The van der Waals surface area contributed by atoms with Crippen LogP contribution in [0.5, 0.6) is 0 Å². The lowest BCUT2D eigenvalue weighted by Gasteiger charge is -2.31. The average Bonchev–Trinajstić information content (AvgIpc) is 2.52. The standard InChI is InChI=1S/C16H20Cl2N2O2/c1-20(12-5-3-2-4-6-12)15(21)10-19-16(22)13-8-7-11(17)9-14(13)18/h7-9,12H,2-6,10H2,1H3,(H,19,22). The molecular weight excluding hydrogens is 323 g/mol. The van der Waals surface area contributed by atoms with Crippen molar-refractivity contribution in [3.63, 3.8) is 0 Å². The number of nitrogens with zero attached hydrogens (tertiary/aromatic N) is 1.